The molecule has 2 amide bonds. The first-order valence-electron chi connectivity index (χ1n) is 18.4. The number of alkyl halides is 3. The van der Waals surface area contributed by atoms with E-state index in [0.717, 1.165) is 21.6 Å². The van der Waals surface area contributed by atoms with Gasteiger partial charge in [0.15, 0.2) is 22.3 Å². The van der Waals surface area contributed by atoms with Gasteiger partial charge < -0.3 is 24.4 Å². The van der Waals surface area contributed by atoms with Gasteiger partial charge in [0.2, 0.25) is 0 Å². The van der Waals surface area contributed by atoms with Crippen LogP contribution in [0.5, 0.6) is 0 Å². The van der Waals surface area contributed by atoms with Gasteiger partial charge in [0, 0.05) is 18.3 Å². The standard InChI is InChI=1S/C42H36F3N5O8S2/c1-56-49-34(31-25-59-40(47-31)46-26-41(28-16-8-3-9-17-28,29-18-10-4-11-19-29)30-20-12-5-13-21-30)37(51)48-35-32-22-23-33(58-60(54,55)42(43,44)45)36(50(32)38(35)52)39(53)57-24-27-14-6-2-7-15-27/h2-21,25,32,35H,22-24,26H2,1H3,(H,46,47)(H,48,51)/t32-,35-/m0/s1. The number of rotatable bonds is 15. The second-order valence-electron chi connectivity index (χ2n) is 13.6. The number of fused-ring (bicyclic) bond motifs is 1. The molecule has 0 saturated carbocycles. The van der Waals surface area contributed by atoms with Crippen molar-refractivity contribution < 1.29 is 49.7 Å². The number of hydrogen-bond acceptors (Lipinski definition) is 12. The normalized spacial score (nSPS) is 17.0. The number of β-lactam (4-membered cyclic amide) rings is 1. The van der Waals surface area contributed by atoms with E-state index in [0.29, 0.717) is 17.2 Å². The van der Waals surface area contributed by atoms with Crippen LogP contribution in [-0.4, -0.2) is 73.0 Å². The van der Waals surface area contributed by atoms with E-state index in [2.05, 4.69) is 61.4 Å². The van der Waals surface area contributed by atoms with E-state index in [-0.39, 0.29) is 24.4 Å². The number of hydrogen-bond donors (Lipinski definition) is 2. The highest BCUT2D eigenvalue weighted by Gasteiger charge is 2.56. The molecule has 1 fully saturated rings. The van der Waals surface area contributed by atoms with Crippen LogP contribution in [0.2, 0.25) is 0 Å². The minimum atomic E-state index is -6.21. The number of amides is 2. The number of anilines is 1. The number of nitrogens with zero attached hydrogens (tertiary/aromatic N) is 3. The molecule has 0 spiro atoms. The number of aromatic nitrogens is 1. The number of benzene rings is 4. The van der Waals surface area contributed by atoms with Gasteiger partial charge in [-0.15, -0.1) is 11.3 Å². The summed E-state index contributed by atoms with van der Waals surface area (Å²) in [6.07, 6.45) is -0.690. The summed E-state index contributed by atoms with van der Waals surface area (Å²) in [5.74, 6) is -4.02. The fourth-order valence-electron chi connectivity index (χ4n) is 7.22. The van der Waals surface area contributed by atoms with Crippen molar-refractivity contribution in [1.82, 2.24) is 15.2 Å². The molecule has 13 nitrogen and oxygen atoms in total. The van der Waals surface area contributed by atoms with E-state index in [1.807, 2.05) is 54.6 Å². The fourth-order valence-corrected chi connectivity index (χ4v) is 8.44. The maximum atomic E-state index is 13.8. The second-order valence-corrected chi connectivity index (χ2v) is 16.0. The Balaban J connectivity index is 1.11. The molecule has 2 aliphatic heterocycles. The van der Waals surface area contributed by atoms with Gasteiger partial charge in [-0.3, -0.25) is 14.5 Å². The minimum Gasteiger partial charge on any atom is -0.456 e. The van der Waals surface area contributed by atoms with E-state index in [9.17, 15) is 36.0 Å². The van der Waals surface area contributed by atoms with Crippen LogP contribution in [0.1, 0.15) is 40.8 Å². The molecule has 0 unspecified atom stereocenters. The Morgan fingerprint density at radius 2 is 1.43 bits per heavy atom. The number of carbonyl (C=O) groups is 3. The maximum Gasteiger partial charge on any atom is 0.534 e. The van der Waals surface area contributed by atoms with Crippen LogP contribution in [0.15, 0.2) is 143 Å². The molecular formula is C42H36F3N5O8S2. The number of oxime groups is 1. The van der Waals surface area contributed by atoms with Crippen LogP contribution in [0.3, 0.4) is 0 Å². The Kier molecular flexibility index (Phi) is 12.0. The molecule has 3 heterocycles. The zero-order chi connectivity index (χ0) is 42.5. The lowest BCUT2D eigenvalue weighted by Crippen LogP contribution is -2.72. The first-order chi connectivity index (χ1) is 28.8. The molecule has 60 heavy (non-hydrogen) atoms. The Labute approximate surface area is 346 Å². The third-order valence-corrected chi connectivity index (χ3v) is 11.8. The zero-order valence-electron chi connectivity index (χ0n) is 31.7. The van der Waals surface area contributed by atoms with Gasteiger partial charge in [-0.25, -0.2) is 9.78 Å². The molecule has 5 aromatic rings. The summed E-state index contributed by atoms with van der Waals surface area (Å²) in [6, 6.07) is 36.0. The number of allylic oxidation sites excluding steroid dienone is 1. The van der Waals surface area contributed by atoms with E-state index in [1.165, 1.54) is 18.4 Å². The minimum absolute atomic E-state index is 0.108. The lowest BCUT2D eigenvalue weighted by atomic mass is 9.69. The average molecular weight is 860 g/mol. The van der Waals surface area contributed by atoms with Crippen LogP contribution in [0, 0.1) is 0 Å². The Bertz CT molecular complexity index is 2420. The first-order valence-corrected chi connectivity index (χ1v) is 20.7. The van der Waals surface area contributed by atoms with Crippen molar-refractivity contribution in [3.05, 3.63) is 166 Å². The molecule has 2 atom stereocenters. The predicted octanol–water partition coefficient (Wildman–Crippen LogP) is 6.25. The van der Waals surface area contributed by atoms with Gasteiger partial charge in [0.25, 0.3) is 11.8 Å². The quantitative estimate of drug-likeness (QED) is 0.0234. The van der Waals surface area contributed by atoms with Gasteiger partial charge in [-0.1, -0.05) is 126 Å². The summed E-state index contributed by atoms with van der Waals surface area (Å²) < 4.78 is 73.7. The monoisotopic (exact) mass is 859 g/mol. The molecular weight excluding hydrogens is 824 g/mol. The molecule has 0 aliphatic carbocycles. The van der Waals surface area contributed by atoms with Crippen molar-refractivity contribution in [2.45, 2.75) is 42.5 Å². The van der Waals surface area contributed by atoms with Crippen LogP contribution in [0.25, 0.3) is 0 Å². The van der Waals surface area contributed by atoms with Crippen LogP contribution >= 0.6 is 11.3 Å². The van der Waals surface area contributed by atoms with Crippen molar-refractivity contribution in [3.63, 3.8) is 0 Å². The van der Waals surface area contributed by atoms with Crippen LogP contribution < -0.4 is 10.6 Å². The lowest BCUT2D eigenvalue weighted by Gasteiger charge is -2.49. The molecule has 310 valence electrons. The maximum absolute atomic E-state index is 13.8. The van der Waals surface area contributed by atoms with Gasteiger partial charge in [0.05, 0.1) is 11.5 Å². The van der Waals surface area contributed by atoms with E-state index in [4.69, 9.17) is 9.57 Å². The highest BCUT2D eigenvalue weighted by atomic mass is 32.2. The van der Waals surface area contributed by atoms with Crippen LogP contribution in [0.4, 0.5) is 18.3 Å². The van der Waals surface area contributed by atoms with Crippen molar-refractivity contribution in [1.29, 1.82) is 0 Å². The van der Waals surface area contributed by atoms with Crippen molar-refractivity contribution >= 4 is 50.1 Å². The Morgan fingerprint density at radius 3 is 1.97 bits per heavy atom. The summed E-state index contributed by atoms with van der Waals surface area (Å²) >= 11 is 1.20. The molecule has 1 saturated heterocycles. The largest absolute Gasteiger partial charge is 0.534 e. The van der Waals surface area contributed by atoms with Crippen LogP contribution in [-0.2, 0) is 50.3 Å². The van der Waals surface area contributed by atoms with E-state index in [1.54, 1.807) is 35.7 Å². The third-order valence-electron chi connectivity index (χ3n) is 10.0. The molecule has 2 N–H and O–H groups in total. The van der Waals surface area contributed by atoms with E-state index < -0.39 is 68.8 Å². The molecule has 4 aromatic carbocycles. The highest BCUT2D eigenvalue weighted by molar-refractivity contribution is 7.87. The summed E-state index contributed by atoms with van der Waals surface area (Å²) in [6.45, 7) is 0.0110. The number of carbonyl (C=O) groups excluding carboxylic acids is 3. The number of nitrogens with one attached hydrogen (secondary N) is 2. The smallest absolute Gasteiger partial charge is 0.456 e. The summed E-state index contributed by atoms with van der Waals surface area (Å²) in [5.41, 5.74) is -3.90. The SMILES string of the molecule is CON=C(C(=O)N[C@@H]1C(=O)N2C(C(=O)OCc3ccccc3)=C(OS(=O)(=O)C(F)(F)F)CC[C@@H]12)c1csc(NCC(c2ccccc2)(c2ccccc2)c2ccccc2)n1. The molecule has 1 aromatic heterocycles. The molecule has 18 heteroatoms. The topological polar surface area (TPSA) is 166 Å². The summed E-state index contributed by atoms with van der Waals surface area (Å²) in [7, 11) is -4.99. The van der Waals surface area contributed by atoms with Crippen molar-refractivity contribution in [3.8, 4) is 0 Å². The van der Waals surface area contributed by atoms with Crippen molar-refractivity contribution in [2.75, 3.05) is 19.0 Å². The number of esters is 1. The van der Waals surface area contributed by atoms with Gasteiger partial charge in [-0.2, -0.15) is 21.6 Å². The third kappa shape index (κ3) is 8.33. The summed E-state index contributed by atoms with van der Waals surface area (Å²) in [5, 5.41) is 11.9. The second kappa shape index (κ2) is 17.4. The Hall–Kier alpha value is -6.53. The van der Waals surface area contributed by atoms with Crippen molar-refractivity contribution in [2.24, 2.45) is 5.16 Å². The van der Waals surface area contributed by atoms with Gasteiger partial charge >= 0.3 is 21.6 Å². The van der Waals surface area contributed by atoms with E-state index >= 15 is 0 Å². The van der Waals surface area contributed by atoms with Gasteiger partial charge in [-0.05, 0) is 28.7 Å². The lowest BCUT2D eigenvalue weighted by molar-refractivity contribution is -0.158. The molecule has 0 bridgehead atoms. The number of thiazole rings is 1. The average Bonchev–Trinajstić information content (AvgIpc) is 3.73. The predicted molar refractivity (Wildman–Crippen MR) is 214 cm³/mol. The first kappa shape index (κ1) is 41.6. The molecule has 2 aliphatic rings. The van der Waals surface area contributed by atoms with Gasteiger partial charge in [0.1, 0.15) is 25.5 Å². The molecule has 0 radical (unpaired) electrons. The highest BCUT2D eigenvalue weighted by Crippen LogP contribution is 2.41. The number of ether oxygens (including phenoxy) is 1. The zero-order valence-corrected chi connectivity index (χ0v) is 33.3. The Morgan fingerprint density at radius 1 is 0.883 bits per heavy atom. The molecule has 7 rings (SSSR count). The number of halogens is 3. The fraction of sp³-hybridized carbons (Fsp3) is 0.214. The summed E-state index contributed by atoms with van der Waals surface area (Å²) in [4.78, 5) is 51.2.